The second-order valence-electron chi connectivity index (χ2n) is 8.14. The number of aliphatic hydroxyl groups excluding tert-OH is 1. The molecule has 0 bridgehead atoms. The number of amides is 2. The van der Waals surface area contributed by atoms with Gasteiger partial charge in [0.1, 0.15) is 0 Å². The molecule has 2 amide bonds. The van der Waals surface area contributed by atoms with Gasteiger partial charge in [0.05, 0.1) is 18.8 Å². The number of hydrogen-bond donors (Lipinski definition) is 3. The molecule has 9 heteroatoms. The summed E-state index contributed by atoms with van der Waals surface area (Å²) in [6.45, 7) is 2.37. The minimum Gasteiger partial charge on any atom is -0.618 e. The SMILES string of the molecule is CCNC(=O)Nc1cccc(C2O[C@H](CSc3cccc[n+]3[O-])C[C@H](c3ccc(CO)cc3)O2)c1. The number of anilines is 1. The van der Waals surface area contributed by atoms with Crippen LogP contribution in [0.5, 0.6) is 0 Å². The largest absolute Gasteiger partial charge is 0.618 e. The molecule has 1 saturated heterocycles. The fraction of sp³-hybridized carbons (Fsp3) is 0.308. The average Bonchev–Trinajstić information content (AvgIpc) is 2.88. The molecule has 3 atom stereocenters. The van der Waals surface area contributed by atoms with Crippen LogP contribution in [0.25, 0.3) is 0 Å². The third-order valence-corrected chi connectivity index (χ3v) is 6.72. The Kier molecular flexibility index (Phi) is 8.59. The van der Waals surface area contributed by atoms with Crippen LogP contribution < -0.4 is 15.4 Å². The number of pyridine rings is 1. The molecule has 2 heterocycles. The Morgan fingerprint density at radius 1 is 1.11 bits per heavy atom. The lowest BCUT2D eigenvalue weighted by Gasteiger charge is -2.36. The molecule has 1 aliphatic rings. The van der Waals surface area contributed by atoms with E-state index >= 15 is 0 Å². The Bertz CT molecular complexity index is 1130. The van der Waals surface area contributed by atoms with Crippen LogP contribution in [0.3, 0.4) is 0 Å². The predicted octanol–water partition coefficient (Wildman–Crippen LogP) is 4.29. The van der Waals surface area contributed by atoms with Crippen molar-refractivity contribution in [3.8, 4) is 0 Å². The van der Waals surface area contributed by atoms with Crippen LogP contribution in [0.1, 0.15) is 42.4 Å². The number of aliphatic hydroxyl groups is 1. The fourth-order valence-corrected chi connectivity index (χ4v) is 4.76. The standard InChI is InChI=1S/C26H29N3O5S/c1-2-27-26(31)28-21-7-5-6-20(14-21)25-33-22(17-35-24-8-3-4-13-29(24)32)15-23(34-25)19-11-9-18(16-30)10-12-19/h3-14,22-23,25,30H,2,15-17H2,1H3,(H2,27,28,31)/t22-,23+,25?/m0/s1. The Morgan fingerprint density at radius 2 is 1.94 bits per heavy atom. The minimum absolute atomic E-state index is 0.0194. The van der Waals surface area contributed by atoms with Gasteiger partial charge in [-0.2, -0.15) is 4.73 Å². The topological polar surface area (TPSA) is 107 Å². The van der Waals surface area contributed by atoms with Gasteiger partial charge in [-0.05, 0) is 36.2 Å². The van der Waals surface area contributed by atoms with Crippen molar-refractivity contribution in [3.63, 3.8) is 0 Å². The molecule has 1 unspecified atom stereocenters. The summed E-state index contributed by atoms with van der Waals surface area (Å²) < 4.78 is 13.5. The number of rotatable bonds is 8. The smallest absolute Gasteiger partial charge is 0.319 e. The summed E-state index contributed by atoms with van der Waals surface area (Å²) in [4.78, 5) is 12.0. The van der Waals surface area contributed by atoms with Gasteiger partial charge in [0.15, 0.2) is 12.5 Å². The van der Waals surface area contributed by atoms with Crippen LogP contribution in [-0.2, 0) is 16.1 Å². The van der Waals surface area contributed by atoms with Crippen molar-refractivity contribution in [1.82, 2.24) is 5.32 Å². The lowest BCUT2D eigenvalue weighted by molar-refractivity contribution is -0.645. The fourth-order valence-electron chi connectivity index (χ4n) is 3.82. The van der Waals surface area contributed by atoms with Crippen LogP contribution in [0.4, 0.5) is 10.5 Å². The quantitative estimate of drug-likeness (QED) is 0.245. The zero-order valence-corrected chi connectivity index (χ0v) is 20.2. The molecule has 35 heavy (non-hydrogen) atoms. The number of ether oxygens (including phenoxy) is 2. The maximum Gasteiger partial charge on any atom is 0.319 e. The van der Waals surface area contributed by atoms with Crippen molar-refractivity contribution in [3.05, 3.63) is 94.8 Å². The van der Waals surface area contributed by atoms with Gasteiger partial charge in [0, 0.05) is 42.1 Å². The minimum atomic E-state index is -0.650. The normalized spacial score (nSPS) is 19.8. The number of hydrogen-bond acceptors (Lipinski definition) is 6. The molecule has 8 nitrogen and oxygen atoms in total. The molecule has 0 radical (unpaired) electrons. The van der Waals surface area contributed by atoms with E-state index in [2.05, 4.69) is 10.6 Å². The first-order valence-electron chi connectivity index (χ1n) is 11.5. The van der Waals surface area contributed by atoms with Gasteiger partial charge in [0.2, 0.25) is 0 Å². The van der Waals surface area contributed by atoms with Gasteiger partial charge >= 0.3 is 6.03 Å². The highest BCUT2D eigenvalue weighted by Gasteiger charge is 2.32. The summed E-state index contributed by atoms with van der Waals surface area (Å²) in [6, 6.07) is 20.1. The number of benzene rings is 2. The van der Waals surface area contributed by atoms with Crippen molar-refractivity contribution in [2.75, 3.05) is 17.6 Å². The first kappa shape index (κ1) is 25.0. The molecule has 0 saturated carbocycles. The molecule has 3 aromatic rings. The number of carbonyl (C=O) groups is 1. The van der Waals surface area contributed by atoms with Crippen LogP contribution in [-0.4, -0.2) is 29.5 Å². The Balaban J connectivity index is 1.54. The van der Waals surface area contributed by atoms with Crippen molar-refractivity contribution < 1.29 is 24.1 Å². The monoisotopic (exact) mass is 495 g/mol. The third kappa shape index (κ3) is 6.73. The van der Waals surface area contributed by atoms with E-state index in [1.807, 2.05) is 61.5 Å². The molecular formula is C26H29N3O5S. The highest BCUT2D eigenvalue weighted by molar-refractivity contribution is 7.99. The number of aromatic nitrogens is 1. The molecule has 184 valence electrons. The second-order valence-corrected chi connectivity index (χ2v) is 9.18. The van der Waals surface area contributed by atoms with Gasteiger partial charge in [-0.1, -0.05) is 48.2 Å². The molecule has 0 aliphatic carbocycles. The van der Waals surface area contributed by atoms with Crippen LogP contribution in [0, 0.1) is 5.21 Å². The van der Waals surface area contributed by atoms with Crippen molar-refractivity contribution in [2.24, 2.45) is 0 Å². The maximum absolute atomic E-state index is 12.1. The number of thioether (sulfide) groups is 1. The maximum atomic E-state index is 12.1. The second kappa shape index (κ2) is 12.0. The van der Waals surface area contributed by atoms with E-state index in [-0.39, 0.29) is 24.8 Å². The molecule has 3 N–H and O–H groups in total. The van der Waals surface area contributed by atoms with Gasteiger partial charge in [-0.15, -0.1) is 0 Å². The van der Waals surface area contributed by atoms with E-state index in [4.69, 9.17) is 9.47 Å². The Labute approximate surface area is 208 Å². The average molecular weight is 496 g/mol. The molecule has 1 aromatic heterocycles. The summed E-state index contributed by atoms with van der Waals surface area (Å²) in [5.74, 6) is 0.578. The van der Waals surface area contributed by atoms with Crippen molar-refractivity contribution in [2.45, 2.75) is 43.5 Å². The van der Waals surface area contributed by atoms with E-state index in [0.29, 0.717) is 29.4 Å². The first-order chi connectivity index (χ1) is 17.1. The molecule has 1 fully saturated rings. The molecular weight excluding hydrogens is 466 g/mol. The van der Waals surface area contributed by atoms with E-state index < -0.39 is 6.29 Å². The molecule has 0 spiro atoms. The number of urea groups is 1. The van der Waals surface area contributed by atoms with Gasteiger partial charge in [0.25, 0.3) is 5.03 Å². The molecule has 2 aromatic carbocycles. The van der Waals surface area contributed by atoms with E-state index in [0.717, 1.165) is 21.4 Å². The van der Waals surface area contributed by atoms with Crippen LogP contribution >= 0.6 is 11.8 Å². The highest BCUT2D eigenvalue weighted by Crippen LogP contribution is 2.39. The zero-order valence-electron chi connectivity index (χ0n) is 19.4. The van der Waals surface area contributed by atoms with Gasteiger partial charge in [-0.3, -0.25) is 0 Å². The van der Waals surface area contributed by atoms with Crippen molar-refractivity contribution in [1.29, 1.82) is 0 Å². The summed E-state index contributed by atoms with van der Waals surface area (Å²) in [5.41, 5.74) is 3.24. The Morgan fingerprint density at radius 3 is 2.69 bits per heavy atom. The van der Waals surface area contributed by atoms with Gasteiger partial charge < -0.3 is 30.4 Å². The van der Waals surface area contributed by atoms with E-state index in [1.165, 1.54) is 18.0 Å². The van der Waals surface area contributed by atoms with Crippen LogP contribution in [0.2, 0.25) is 0 Å². The number of nitrogens with one attached hydrogen (secondary N) is 2. The lowest BCUT2D eigenvalue weighted by Crippen LogP contribution is -2.33. The van der Waals surface area contributed by atoms with E-state index in [1.54, 1.807) is 12.1 Å². The predicted molar refractivity (Wildman–Crippen MR) is 134 cm³/mol. The third-order valence-electron chi connectivity index (χ3n) is 5.57. The summed E-state index contributed by atoms with van der Waals surface area (Å²) in [6.07, 6.45) is 1.03. The Hall–Kier alpha value is -3.11. The number of nitrogens with zero attached hydrogens (tertiary/aromatic N) is 1. The van der Waals surface area contributed by atoms with Crippen LogP contribution in [0.15, 0.2) is 78.0 Å². The highest BCUT2D eigenvalue weighted by atomic mass is 32.2. The first-order valence-corrected chi connectivity index (χ1v) is 12.5. The number of carbonyl (C=O) groups excluding carboxylic acids is 1. The molecule has 4 rings (SSSR count). The van der Waals surface area contributed by atoms with E-state index in [9.17, 15) is 15.1 Å². The molecule has 1 aliphatic heterocycles. The summed E-state index contributed by atoms with van der Waals surface area (Å²) in [5, 5.41) is 27.6. The summed E-state index contributed by atoms with van der Waals surface area (Å²) in [7, 11) is 0. The zero-order chi connectivity index (χ0) is 24.6. The van der Waals surface area contributed by atoms with Crippen molar-refractivity contribution >= 4 is 23.5 Å². The summed E-state index contributed by atoms with van der Waals surface area (Å²) >= 11 is 1.44. The van der Waals surface area contributed by atoms with Gasteiger partial charge in [-0.25, -0.2) is 4.79 Å². The lowest BCUT2D eigenvalue weighted by atomic mass is 10.0.